The van der Waals surface area contributed by atoms with E-state index in [4.69, 9.17) is 12.2 Å². The number of nitrogens with one attached hydrogen (secondary N) is 1. The lowest BCUT2D eigenvalue weighted by molar-refractivity contribution is 1.31. The Kier molecular flexibility index (Phi) is 2.75. The Morgan fingerprint density at radius 1 is 1.25 bits per heavy atom. The van der Waals surface area contributed by atoms with Crippen LogP contribution in [0, 0.1) is 12.3 Å². The maximum Gasteiger partial charge on any atom is 0.130 e. The average molecular weight is 209 g/mol. The van der Waals surface area contributed by atoms with E-state index in [2.05, 4.69) is 16.2 Å². The van der Waals surface area contributed by atoms with Crippen LogP contribution in [0.5, 0.6) is 0 Å². The van der Waals surface area contributed by atoms with Gasteiger partial charge in [0.1, 0.15) is 5.82 Å². The highest BCUT2D eigenvalue weighted by Crippen LogP contribution is 2.16. The van der Waals surface area contributed by atoms with Crippen LogP contribution in [-0.4, -0.2) is 4.98 Å². The molecule has 1 aromatic heterocycles. The van der Waals surface area contributed by atoms with Gasteiger partial charge >= 0.3 is 0 Å². The van der Waals surface area contributed by atoms with E-state index >= 15 is 0 Å². The van der Waals surface area contributed by atoms with Crippen LogP contribution in [0.15, 0.2) is 42.6 Å². The zero-order valence-corrected chi connectivity index (χ0v) is 8.64. The normalized spacial score (nSPS) is 9.44. The Balaban J connectivity index is 2.21. The zero-order valence-electron chi connectivity index (χ0n) is 8.64. The fourth-order valence-corrected chi connectivity index (χ4v) is 1.31. The molecule has 0 aliphatic rings. The summed E-state index contributed by atoms with van der Waals surface area (Å²) < 4.78 is 0. The number of nitrogens with zero attached hydrogens (tertiary/aromatic N) is 1. The predicted octanol–water partition coefficient (Wildman–Crippen LogP) is 2.39. The van der Waals surface area contributed by atoms with Gasteiger partial charge in [-0.2, -0.15) is 0 Å². The molecule has 0 radical (unpaired) electrons. The van der Waals surface area contributed by atoms with Crippen molar-refractivity contribution >= 4 is 17.2 Å². The summed E-state index contributed by atoms with van der Waals surface area (Å²) in [6.45, 7) is 0. The van der Waals surface area contributed by atoms with Crippen molar-refractivity contribution in [2.45, 2.75) is 0 Å². The molecule has 0 saturated carbocycles. The number of nitrogen functional groups attached to an aromatic ring is 1. The summed E-state index contributed by atoms with van der Waals surface area (Å²) in [5.74, 6) is 3.32. The summed E-state index contributed by atoms with van der Waals surface area (Å²) in [4.78, 5) is 4.14. The van der Waals surface area contributed by atoms with Gasteiger partial charge in [-0.1, -0.05) is 12.0 Å². The third-order valence-electron chi connectivity index (χ3n) is 2.09. The van der Waals surface area contributed by atoms with Crippen molar-refractivity contribution in [3.63, 3.8) is 0 Å². The first-order chi connectivity index (χ1) is 7.78. The summed E-state index contributed by atoms with van der Waals surface area (Å²) in [7, 11) is 0. The number of benzene rings is 1. The van der Waals surface area contributed by atoms with Gasteiger partial charge in [0, 0.05) is 11.3 Å². The molecule has 3 heteroatoms. The standard InChI is InChI=1S/C13H11N3/c1-2-10-4-3-5-12(8-10)16-13-7-6-11(14)9-15-13/h1,3-9H,14H2,(H,15,16). The molecule has 0 atom stereocenters. The Hall–Kier alpha value is -2.47. The summed E-state index contributed by atoms with van der Waals surface area (Å²) in [6.07, 6.45) is 6.93. The van der Waals surface area contributed by atoms with Crippen LogP contribution < -0.4 is 11.1 Å². The van der Waals surface area contributed by atoms with Crippen molar-refractivity contribution < 1.29 is 0 Å². The molecule has 0 bridgehead atoms. The minimum atomic E-state index is 0.642. The van der Waals surface area contributed by atoms with Crippen LogP contribution in [0.2, 0.25) is 0 Å². The van der Waals surface area contributed by atoms with E-state index in [0.29, 0.717) is 5.69 Å². The molecule has 0 aliphatic carbocycles. The largest absolute Gasteiger partial charge is 0.397 e. The van der Waals surface area contributed by atoms with Gasteiger partial charge in [-0.05, 0) is 30.3 Å². The molecule has 2 aromatic rings. The Bertz CT molecular complexity index is 524. The van der Waals surface area contributed by atoms with Crippen molar-refractivity contribution in [2.75, 3.05) is 11.1 Å². The Morgan fingerprint density at radius 3 is 2.81 bits per heavy atom. The van der Waals surface area contributed by atoms with E-state index in [1.54, 1.807) is 12.3 Å². The van der Waals surface area contributed by atoms with Crippen LogP contribution in [0.4, 0.5) is 17.2 Å². The second-order valence-corrected chi connectivity index (χ2v) is 3.33. The third-order valence-corrected chi connectivity index (χ3v) is 2.09. The highest BCUT2D eigenvalue weighted by Gasteiger charge is 1.96. The van der Waals surface area contributed by atoms with Gasteiger partial charge in [0.05, 0.1) is 11.9 Å². The highest BCUT2D eigenvalue weighted by atomic mass is 15.0. The maximum atomic E-state index is 5.55. The molecular weight excluding hydrogens is 198 g/mol. The van der Waals surface area contributed by atoms with E-state index < -0.39 is 0 Å². The first kappa shape index (κ1) is 10.1. The third kappa shape index (κ3) is 2.31. The van der Waals surface area contributed by atoms with Crippen molar-refractivity contribution in [1.29, 1.82) is 0 Å². The molecule has 16 heavy (non-hydrogen) atoms. The molecule has 0 spiro atoms. The van der Waals surface area contributed by atoms with Crippen molar-refractivity contribution in [3.05, 3.63) is 48.2 Å². The molecule has 2 rings (SSSR count). The van der Waals surface area contributed by atoms with Gasteiger partial charge in [0.2, 0.25) is 0 Å². The fraction of sp³-hybridized carbons (Fsp3) is 0. The lowest BCUT2D eigenvalue weighted by Crippen LogP contribution is -1.94. The average Bonchev–Trinajstić information content (AvgIpc) is 2.32. The van der Waals surface area contributed by atoms with Gasteiger partial charge in [-0.25, -0.2) is 4.98 Å². The van der Waals surface area contributed by atoms with Crippen LogP contribution >= 0.6 is 0 Å². The van der Waals surface area contributed by atoms with Gasteiger partial charge in [0.15, 0.2) is 0 Å². The smallest absolute Gasteiger partial charge is 0.130 e. The number of nitrogens with two attached hydrogens (primary N) is 1. The Morgan fingerprint density at radius 2 is 2.12 bits per heavy atom. The lowest BCUT2D eigenvalue weighted by atomic mass is 10.2. The summed E-state index contributed by atoms with van der Waals surface area (Å²) in [6, 6.07) is 11.2. The van der Waals surface area contributed by atoms with Crippen molar-refractivity contribution in [2.24, 2.45) is 0 Å². The van der Waals surface area contributed by atoms with Gasteiger partial charge in [-0.3, -0.25) is 0 Å². The fourth-order valence-electron chi connectivity index (χ4n) is 1.31. The Labute approximate surface area is 94.3 Å². The molecule has 0 aliphatic heterocycles. The molecule has 0 amide bonds. The lowest BCUT2D eigenvalue weighted by Gasteiger charge is -2.05. The van der Waals surface area contributed by atoms with E-state index in [0.717, 1.165) is 17.1 Å². The predicted molar refractivity (Wildman–Crippen MR) is 66.3 cm³/mol. The number of hydrogen-bond acceptors (Lipinski definition) is 3. The second-order valence-electron chi connectivity index (χ2n) is 3.33. The highest BCUT2D eigenvalue weighted by molar-refractivity contribution is 5.59. The monoisotopic (exact) mass is 209 g/mol. The van der Waals surface area contributed by atoms with Crippen LogP contribution in [-0.2, 0) is 0 Å². The van der Waals surface area contributed by atoms with Crippen LogP contribution in [0.1, 0.15) is 5.56 Å². The van der Waals surface area contributed by atoms with Crippen LogP contribution in [0.25, 0.3) is 0 Å². The molecule has 0 fully saturated rings. The van der Waals surface area contributed by atoms with Crippen LogP contribution in [0.3, 0.4) is 0 Å². The quantitative estimate of drug-likeness (QED) is 0.747. The summed E-state index contributed by atoms with van der Waals surface area (Å²) in [5.41, 5.74) is 7.93. The maximum absolute atomic E-state index is 5.55. The second kappa shape index (κ2) is 4.37. The number of rotatable bonds is 2. The number of hydrogen-bond donors (Lipinski definition) is 2. The van der Waals surface area contributed by atoms with E-state index in [1.165, 1.54) is 0 Å². The number of aromatic nitrogens is 1. The number of anilines is 3. The van der Waals surface area contributed by atoms with Crippen molar-refractivity contribution in [3.8, 4) is 12.3 Å². The number of pyridine rings is 1. The molecule has 0 saturated heterocycles. The molecule has 1 aromatic carbocycles. The van der Waals surface area contributed by atoms with E-state index in [-0.39, 0.29) is 0 Å². The first-order valence-electron chi connectivity index (χ1n) is 4.83. The SMILES string of the molecule is C#Cc1cccc(Nc2ccc(N)cn2)c1. The number of terminal acetylenes is 1. The van der Waals surface area contributed by atoms with Crippen molar-refractivity contribution in [1.82, 2.24) is 4.98 Å². The van der Waals surface area contributed by atoms with Gasteiger partial charge in [0.25, 0.3) is 0 Å². The minimum absolute atomic E-state index is 0.642. The summed E-state index contributed by atoms with van der Waals surface area (Å²) in [5, 5.41) is 3.14. The topological polar surface area (TPSA) is 50.9 Å². The van der Waals surface area contributed by atoms with E-state index in [9.17, 15) is 0 Å². The van der Waals surface area contributed by atoms with E-state index in [1.807, 2.05) is 30.3 Å². The molecule has 3 N–H and O–H groups in total. The van der Waals surface area contributed by atoms with Gasteiger partial charge in [-0.15, -0.1) is 6.42 Å². The summed E-state index contributed by atoms with van der Waals surface area (Å²) >= 11 is 0. The minimum Gasteiger partial charge on any atom is -0.397 e. The first-order valence-corrected chi connectivity index (χ1v) is 4.83. The molecular formula is C13H11N3. The molecule has 0 unspecified atom stereocenters. The molecule has 1 heterocycles. The van der Waals surface area contributed by atoms with Gasteiger partial charge < -0.3 is 11.1 Å². The zero-order chi connectivity index (χ0) is 11.4. The molecule has 78 valence electrons. The molecule has 3 nitrogen and oxygen atoms in total.